The Hall–Kier alpha value is -2.24. The molecule has 7 heteroatoms. The van der Waals surface area contributed by atoms with Gasteiger partial charge in [-0.1, -0.05) is 35.3 Å². The molecule has 1 unspecified atom stereocenters. The Bertz CT molecular complexity index is 824. The van der Waals surface area contributed by atoms with Crippen LogP contribution in [0.3, 0.4) is 0 Å². The molecular weight excluding hydrogens is 373 g/mol. The van der Waals surface area contributed by atoms with Gasteiger partial charge >= 0.3 is 0 Å². The molecule has 5 nitrogen and oxygen atoms in total. The van der Waals surface area contributed by atoms with Gasteiger partial charge in [0.05, 0.1) is 10.6 Å². The summed E-state index contributed by atoms with van der Waals surface area (Å²) in [4.78, 5) is 27.0. The second-order valence-corrected chi connectivity index (χ2v) is 7.08. The highest BCUT2D eigenvalue weighted by atomic mass is 35.5. The van der Waals surface area contributed by atoms with Gasteiger partial charge in [0.1, 0.15) is 6.04 Å². The van der Waals surface area contributed by atoms with E-state index in [1.165, 1.54) is 0 Å². The lowest BCUT2D eigenvalue weighted by Crippen LogP contribution is -2.45. The molecule has 1 fully saturated rings. The van der Waals surface area contributed by atoms with Crippen molar-refractivity contribution in [2.75, 3.05) is 12.3 Å². The third-order valence-electron chi connectivity index (χ3n) is 4.42. The summed E-state index contributed by atoms with van der Waals surface area (Å²) in [6.45, 7) is 0.899. The normalized spacial score (nSPS) is 16.5. The maximum absolute atomic E-state index is 12.8. The Morgan fingerprint density at radius 1 is 1.15 bits per heavy atom. The summed E-state index contributed by atoms with van der Waals surface area (Å²) in [6.07, 6.45) is 1.39. The fourth-order valence-electron chi connectivity index (χ4n) is 3.05. The first-order chi connectivity index (χ1) is 12.5. The van der Waals surface area contributed by atoms with Crippen molar-refractivity contribution in [1.29, 1.82) is 0 Å². The van der Waals surface area contributed by atoms with Crippen LogP contribution in [0.2, 0.25) is 10.0 Å². The number of hydrogen-bond acceptors (Lipinski definition) is 3. The number of carbonyl (C=O) groups is 2. The molecule has 2 aromatic rings. The first kappa shape index (κ1) is 18.5. The van der Waals surface area contributed by atoms with Crippen molar-refractivity contribution >= 4 is 40.7 Å². The molecule has 0 saturated carbocycles. The summed E-state index contributed by atoms with van der Waals surface area (Å²) >= 11 is 12.0. The second kappa shape index (κ2) is 7.98. The standard InChI is InChI=1S/C19H19Cl2N3O2/c20-13-5-3-12(4-6-13)11-23-18(25)17-2-1-9-24(17)19(26)15-10-14(22)7-8-16(15)21/h3-8,10,17H,1-2,9,11,22H2,(H,23,25). The highest BCUT2D eigenvalue weighted by Crippen LogP contribution is 2.25. The van der Waals surface area contributed by atoms with Crippen molar-refractivity contribution < 1.29 is 9.59 Å². The molecule has 1 aliphatic heterocycles. The number of nitrogens with zero attached hydrogens (tertiary/aromatic N) is 1. The van der Waals surface area contributed by atoms with Gasteiger partial charge in [-0.3, -0.25) is 9.59 Å². The number of halogens is 2. The van der Waals surface area contributed by atoms with Crippen LogP contribution in [0.15, 0.2) is 42.5 Å². The van der Waals surface area contributed by atoms with E-state index < -0.39 is 6.04 Å². The van der Waals surface area contributed by atoms with Gasteiger partial charge in [-0.25, -0.2) is 0 Å². The van der Waals surface area contributed by atoms with E-state index >= 15 is 0 Å². The van der Waals surface area contributed by atoms with E-state index in [-0.39, 0.29) is 11.8 Å². The largest absolute Gasteiger partial charge is 0.399 e. The number of carbonyl (C=O) groups excluding carboxylic acids is 2. The molecule has 136 valence electrons. The zero-order chi connectivity index (χ0) is 18.7. The zero-order valence-electron chi connectivity index (χ0n) is 14.0. The molecule has 0 spiro atoms. The van der Waals surface area contributed by atoms with Crippen molar-refractivity contribution in [2.24, 2.45) is 0 Å². The number of amides is 2. The van der Waals surface area contributed by atoms with Crippen LogP contribution in [0.25, 0.3) is 0 Å². The summed E-state index contributed by atoms with van der Waals surface area (Å²) in [5, 5.41) is 3.86. The molecule has 3 rings (SSSR count). The van der Waals surface area contributed by atoms with Gasteiger partial charge in [0.15, 0.2) is 0 Å². The van der Waals surface area contributed by atoms with Crippen molar-refractivity contribution in [3.8, 4) is 0 Å². The van der Waals surface area contributed by atoms with Crippen LogP contribution in [0.1, 0.15) is 28.8 Å². The third kappa shape index (κ3) is 4.11. The molecule has 3 N–H and O–H groups in total. The minimum Gasteiger partial charge on any atom is -0.399 e. The van der Waals surface area contributed by atoms with Crippen LogP contribution in [-0.4, -0.2) is 29.3 Å². The Morgan fingerprint density at radius 3 is 2.62 bits per heavy atom. The molecule has 0 bridgehead atoms. The lowest BCUT2D eigenvalue weighted by atomic mass is 10.1. The quantitative estimate of drug-likeness (QED) is 0.783. The van der Waals surface area contributed by atoms with Crippen LogP contribution in [0.4, 0.5) is 5.69 Å². The van der Waals surface area contributed by atoms with Crippen molar-refractivity contribution in [1.82, 2.24) is 10.2 Å². The van der Waals surface area contributed by atoms with Crippen LogP contribution in [0, 0.1) is 0 Å². The molecule has 1 saturated heterocycles. The van der Waals surface area contributed by atoms with E-state index in [9.17, 15) is 9.59 Å². The van der Waals surface area contributed by atoms with E-state index in [0.29, 0.717) is 40.8 Å². The fraction of sp³-hybridized carbons (Fsp3) is 0.263. The number of benzene rings is 2. The van der Waals surface area contributed by atoms with Gasteiger partial charge in [-0.2, -0.15) is 0 Å². The van der Waals surface area contributed by atoms with Crippen LogP contribution in [-0.2, 0) is 11.3 Å². The van der Waals surface area contributed by atoms with Crippen molar-refractivity contribution in [3.05, 3.63) is 63.6 Å². The van der Waals surface area contributed by atoms with Gasteiger partial charge < -0.3 is 16.0 Å². The molecule has 2 aromatic carbocycles. The van der Waals surface area contributed by atoms with Gasteiger partial charge in [0.2, 0.25) is 5.91 Å². The number of anilines is 1. The van der Waals surface area contributed by atoms with Crippen molar-refractivity contribution in [3.63, 3.8) is 0 Å². The maximum atomic E-state index is 12.8. The van der Waals surface area contributed by atoms with Crippen molar-refractivity contribution in [2.45, 2.75) is 25.4 Å². The van der Waals surface area contributed by atoms with E-state index in [0.717, 1.165) is 12.0 Å². The first-order valence-electron chi connectivity index (χ1n) is 8.34. The zero-order valence-corrected chi connectivity index (χ0v) is 15.6. The maximum Gasteiger partial charge on any atom is 0.256 e. The monoisotopic (exact) mass is 391 g/mol. The summed E-state index contributed by atoms with van der Waals surface area (Å²) < 4.78 is 0. The molecule has 1 heterocycles. The number of likely N-dealkylation sites (tertiary alicyclic amines) is 1. The lowest BCUT2D eigenvalue weighted by molar-refractivity contribution is -0.125. The van der Waals surface area contributed by atoms with E-state index in [1.807, 2.05) is 12.1 Å². The topological polar surface area (TPSA) is 75.4 Å². The Balaban J connectivity index is 1.68. The number of hydrogen-bond donors (Lipinski definition) is 2. The molecule has 0 radical (unpaired) electrons. The summed E-state index contributed by atoms with van der Waals surface area (Å²) in [5.74, 6) is -0.447. The molecule has 1 aliphatic rings. The average molecular weight is 392 g/mol. The molecular formula is C19H19Cl2N3O2. The average Bonchev–Trinajstić information content (AvgIpc) is 3.12. The molecule has 26 heavy (non-hydrogen) atoms. The minimum atomic E-state index is -0.507. The van der Waals surface area contributed by atoms with Crippen LogP contribution in [0.5, 0.6) is 0 Å². The number of rotatable bonds is 4. The molecule has 2 amide bonds. The fourth-order valence-corrected chi connectivity index (χ4v) is 3.38. The smallest absolute Gasteiger partial charge is 0.256 e. The SMILES string of the molecule is Nc1ccc(Cl)c(C(=O)N2CCCC2C(=O)NCc2ccc(Cl)cc2)c1. The number of nitrogens with two attached hydrogens (primary N) is 1. The molecule has 0 aromatic heterocycles. The van der Waals surface area contributed by atoms with E-state index in [2.05, 4.69) is 5.32 Å². The molecule has 0 aliphatic carbocycles. The molecule has 1 atom stereocenters. The predicted octanol–water partition coefficient (Wildman–Crippen LogP) is 3.50. The predicted molar refractivity (Wildman–Crippen MR) is 103 cm³/mol. The van der Waals surface area contributed by atoms with Crippen LogP contribution >= 0.6 is 23.2 Å². The number of nitrogens with one attached hydrogen (secondary N) is 1. The second-order valence-electron chi connectivity index (χ2n) is 6.24. The summed E-state index contributed by atoms with van der Waals surface area (Å²) in [6, 6.07) is 11.5. The Kier molecular flexibility index (Phi) is 5.69. The number of nitrogen functional groups attached to an aromatic ring is 1. The van der Waals surface area contributed by atoms with E-state index in [4.69, 9.17) is 28.9 Å². The van der Waals surface area contributed by atoms with E-state index in [1.54, 1.807) is 35.2 Å². The van der Waals surface area contributed by atoms with Gasteiger partial charge in [0.25, 0.3) is 5.91 Å². The highest BCUT2D eigenvalue weighted by Gasteiger charge is 2.35. The Labute approximate surface area is 162 Å². The summed E-state index contributed by atoms with van der Waals surface area (Å²) in [7, 11) is 0. The Morgan fingerprint density at radius 2 is 1.88 bits per heavy atom. The van der Waals surface area contributed by atoms with Gasteiger partial charge in [0, 0.05) is 23.8 Å². The first-order valence-corrected chi connectivity index (χ1v) is 9.09. The third-order valence-corrected chi connectivity index (χ3v) is 5.00. The lowest BCUT2D eigenvalue weighted by Gasteiger charge is -2.24. The van der Waals surface area contributed by atoms with Gasteiger partial charge in [-0.15, -0.1) is 0 Å². The minimum absolute atomic E-state index is 0.175. The highest BCUT2D eigenvalue weighted by molar-refractivity contribution is 6.34. The van der Waals surface area contributed by atoms with Crippen LogP contribution < -0.4 is 11.1 Å². The summed E-state index contributed by atoms with van der Waals surface area (Å²) in [5.41, 5.74) is 7.49. The van der Waals surface area contributed by atoms with Gasteiger partial charge in [-0.05, 0) is 48.7 Å².